The molecule has 2 N–H and O–H groups in total. The number of fused-ring (bicyclic) bond motifs is 3. The van der Waals surface area contributed by atoms with E-state index in [4.69, 9.17) is 4.74 Å². The van der Waals surface area contributed by atoms with Crippen LogP contribution in [0.25, 0.3) is 10.9 Å². The molecule has 1 fully saturated rings. The summed E-state index contributed by atoms with van der Waals surface area (Å²) in [6.07, 6.45) is 7.77. The van der Waals surface area contributed by atoms with E-state index in [1.54, 1.807) is 12.1 Å². The molecule has 3 atom stereocenters. The average molecular weight is 433 g/mol. The number of aromatic amines is 1. The van der Waals surface area contributed by atoms with Gasteiger partial charge in [-0.15, -0.1) is 0 Å². The fourth-order valence-corrected chi connectivity index (χ4v) is 5.95. The first kappa shape index (κ1) is 21.2. The topological polar surface area (TPSA) is 65.6 Å². The van der Waals surface area contributed by atoms with Crippen LogP contribution < -0.4 is 0 Å². The van der Waals surface area contributed by atoms with Gasteiger partial charge < -0.3 is 14.8 Å². The van der Waals surface area contributed by atoms with Gasteiger partial charge in [-0.05, 0) is 86.4 Å². The Labute approximate surface area is 189 Å². The molecule has 0 amide bonds. The van der Waals surface area contributed by atoms with Crippen molar-refractivity contribution >= 4 is 16.9 Å². The van der Waals surface area contributed by atoms with Gasteiger partial charge in [0.25, 0.3) is 0 Å². The molecule has 1 unspecified atom stereocenters. The Bertz CT molecular complexity index is 1120. The van der Waals surface area contributed by atoms with Crippen molar-refractivity contribution in [2.75, 3.05) is 13.2 Å². The summed E-state index contributed by atoms with van der Waals surface area (Å²) in [5, 5.41) is 10.7. The van der Waals surface area contributed by atoms with Gasteiger partial charge in [-0.25, -0.2) is 4.79 Å². The Morgan fingerprint density at radius 2 is 2.00 bits per heavy atom. The van der Waals surface area contributed by atoms with Gasteiger partial charge >= 0.3 is 5.97 Å². The summed E-state index contributed by atoms with van der Waals surface area (Å²) in [6, 6.07) is 12.7. The Kier molecular flexibility index (Phi) is 5.78. The van der Waals surface area contributed by atoms with Gasteiger partial charge in [0.15, 0.2) is 0 Å². The highest BCUT2D eigenvalue weighted by Crippen LogP contribution is 2.46. The second-order valence-electron chi connectivity index (χ2n) is 9.22. The van der Waals surface area contributed by atoms with Crippen molar-refractivity contribution in [3.8, 4) is 0 Å². The van der Waals surface area contributed by atoms with E-state index in [9.17, 15) is 9.90 Å². The summed E-state index contributed by atoms with van der Waals surface area (Å²) in [6.45, 7) is 5.97. The molecule has 1 saturated heterocycles. The number of aryl methyl sites for hydroxylation is 2. The Hall–Kier alpha value is -2.63. The molecule has 168 valence electrons. The number of hydrogen-bond donors (Lipinski definition) is 2. The Morgan fingerprint density at radius 1 is 1.19 bits per heavy atom. The van der Waals surface area contributed by atoms with Crippen LogP contribution >= 0.6 is 0 Å². The third-order valence-electron chi connectivity index (χ3n) is 7.37. The van der Waals surface area contributed by atoms with E-state index in [0.717, 1.165) is 38.8 Å². The predicted octanol–water partition coefficient (Wildman–Crippen LogP) is 5.79. The van der Waals surface area contributed by atoms with Crippen molar-refractivity contribution in [2.45, 2.75) is 64.1 Å². The maximum atomic E-state index is 11.4. The molecule has 0 spiro atoms. The maximum Gasteiger partial charge on any atom is 0.335 e. The van der Waals surface area contributed by atoms with E-state index in [2.05, 4.69) is 42.1 Å². The minimum absolute atomic E-state index is 0.217. The van der Waals surface area contributed by atoms with Crippen LogP contribution in [0.2, 0.25) is 0 Å². The van der Waals surface area contributed by atoms with Crippen LogP contribution in [0.1, 0.15) is 77.3 Å². The molecular formula is C27H32N2O3. The van der Waals surface area contributed by atoms with Gasteiger partial charge in [-0.1, -0.05) is 18.2 Å². The lowest BCUT2D eigenvalue weighted by Gasteiger charge is -2.46. The van der Waals surface area contributed by atoms with Gasteiger partial charge in [0.1, 0.15) is 0 Å². The molecule has 0 bridgehead atoms. The molecule has 1 aromatic heterocycles. The van der Waals surface area contributed by atoms with E-state index in [-0.39, 0.29) is 12.1 Å². The number of aromatic nitrogens is 1. The summed E-state index contributed by atoms with van der Waals surface area (Å²) < 4.78 is 6.05. The van der Waals surface area contributed by atoms with Crippen molar-refractivity contribution in [3.05, 3.63) is 70.4 Å². The van der Waals surface area contributed by atoms with Crippen molar-refractivity contribution < 1.29 is 14.6 Å². The minimum Gasteiger partial charge on any atom is -0.478 e. The van der Waals surface area contributed by atoms with Gasteiger partial charge in [0.05, 0.1) is 11.7 Å². The smallest absolute Gasteiger partial charge is 0.335 e. The van der Waals surface area contributed by atoms with Crippen LogP contribution in [0.4, 0.5) is 0 Å². The molecule has 3 aromatic rings. The lowest BCUT2D eigenvalue weighted by atomic mass is 9.81. The van der Waals surface area contributed by atoms with E-state index in [1.807, 2.05) is 12.1 Å². The average Bonchev–Trinajstić information content (AvgIpc) is 3.30. The molecule has 32 heavy (non-hydrogen) atoms. The number of carboxylic acid groups (broad SMARTS) is 1. The highest BCUT2D eigenvalue weighted by Gasteiger charge is 2.37. The lowest BCUT2D eigenvalue weighted by Crippen LogP contribution is -2.43. The fourth-order valence-electron chi connectivity index (χ4n) is 5.95. The first-order valence-electron chi connectivity index (χ1n) is 11.9. The van der Waals surface area contributed by atoms with Crippen LogP contribution in [0, 0.1) is 6.92 Å². The molecule has 1 aliphatic heterocycles. The van der Waals surface area contributed by atoms with Gasteiger partial charge in [0.2, 0.25) is 0 Å². The number of benzene rings is 2. The highest BCUT2D eigenvalue weighted by molar-refractivity contribution is 5.88. The number of likely N-dealkylation sites (tertiary alicyclic amines) is 1. The number of nitrogens with zero attached hydrogens (tertiary/aromatic N) is 1. The number of ether oxygens (including phenoxy) is 1. The first-order valence-corrected chi connectivity index (χ1v) is 11.9. The van der Waals surface area contributed by atoms with E-state index < -0.39 is 5.97 Å². The van der Waals surface area contributed by atoms with Gasteiger partial charge in [0, 0.05) is 42.3 Å². The third kappa shape index (κ3) is 3.74. The predicted molar refractivity (Wildman–Crippen MR) is 126 cm³/mol. The summed E-state index contributed by atoms with van der Waals surface area (Å²) in [5.74, 6) is -0.879. The van der Waals surface area contributed by atoms with Crippen LogP contribution in [-0.2, 0) is 11.2 Å². The number of nitrogens with one attached hydrogen (secondary N) is 1. The van der Waals surface area contributed by atoms with Crippen LogP contribution in [-0.4, -0.2) is 40.2 Å². The number of piperidine rings is 1. The van der Waals surface area contributed by atoms with E-state index >= 15 is 0 Å². The summed E-state index contributed by atoms with van der Waals surface area (Å²) in [4.78, 5) is 17.5. The van der Waals surface area contributed by atoms with Gasteiger partial charge in [-0.2, -0.15) is 0 Å². The molecule has 2 aromatic carbocycles. The third-order valence-corrected chi connectivity index (χ3v) is 7.37. The number of aromatic carboxylic acids is 1. The van der Waals surface area contributed by atoms with Crippen molar-refractivity contribution in [1.29, 1.82) is 0 Å². The zero-order chi connectivity index (χ0) is 22.2. The summed E-state index contributed by atoms with van der Waals surface area (Å²) in [7, 11) is 0. The van der Waals surface area contributed by atoms with E-state index in [0.29, 0.717) is 11.6 Å². The van der Waals surface area contributed by atoms with Crippen molar-refractivity contribution in [3.63, 3.8) is 0 Å². The first-order chi connectivity index (χ1) is 15.6. The summed E-state index contributed by atoms with van der Waals surface area (Å²) >= 11 is 0. The Balaban J connectivity index is 1.55. The molecular weight excluding hydrogens is 400 g/mol. The molecule has 1 aliphatic carbocycles. The van der Waals surface area contributed by atoms with Crippen LogP contribution in [0.3, 0.4) is 0 Å². The largest absolute Gasteiger partial charge is 0.478 e. The molecule has 2 heterocycles. The standard InChI is InChI=1S/C27H32N2O3/c1-3-32-21-12-14-29(24(16-21)18-7-9-19(10-8-18)27(30)31)23-6-4-5-20-15-17(2)26-22(25(20)23)11-13-28-26/h7-11,13,15,21,23-24,28H,3-6,12,14,16H2,1-2H3,(H,30,31)/t21-,23?,24-/m1/s1. The summed E-state index contributed by atoms with van der Waals surface area (Å²) in [5.41, 5.74) is 7.06. The quantitative estimate of drug-likeness (QED) is 0.535. The highest BCUT2D eigenvalue weighted by atomic mass is 16.5. The minimum atomic E-state index is -0.879. The number of carboxylic acids is 1. The second kappa shape index (κ2) is 8.72. The number of hydrogen-bond acceptors (Lipinski definition) is 3. The second-order valence-corrected chi connectivity index (χ2v) is 9.22. The maximum absolute atomic E-state index is 11.4. The van der Waals surface area contributed by atoms with Gasteiger partial charge in [-0.3, -0.25) is 4.90 Å². The Morgan fingerprint density at radius 3 is 2.75 bits per heavy atom. The molecule has 5 nitrogen and oxygen atoms in total. The van der Waals surface area contributed by atoms with Crippen molar-refractivity contribution in [1.82, 2.24) is 9.88 Å². The SMILES string of the molecule is CCO[C@@H]1CCN(C2CCCc3cc(C)c4[nH]ccc4c32)[C@@H](c2ccc(C(=O)O)cc2)C1. The number of rotatable bonds is 5. The van der Waals surface area contributed by atoms with Crippen molar-refractivity contribution in [2.24, 2.45) is 0 Å². The molecule has 5 heteroatoms. The molecule has 0 saturated carbocycles. The molecule has 2 aliphatic rings. The van der Waals surface area contributed by atoms with E-state index in [1.165, 1.54) is 39.6 Å². The molecule has 5 rings (SSSR count). The molecule has 0 radical (unpaired) electrons. The zero-order valence-corrected chi connectivity index (χ0v) is 18.9. The van der Waals surface area contributed by atoms with Crippen LogP contribution in [0.5, 0.6) is 0 Å². The number of H-pyrrole nitrogens is 1. The fraction of sp³-hybridized carbons (Fsp3) is 0.444. The number of carbonyl (C=O) groups is 1. The van der Waals surface area contributed by atoms with Crippen LogP contribution in [0.15, 0.2) is 42.6 Å². The zero-order valence-electron chi connectivity index (χ0n) is 18.9. The normalized spacial score (nSPS) is 23.9. The lowest BCUT2D eigenvalue weighted by molar-refractivity contribution is -0.0281. The monoisotopic (exact) mass is 432 g/mol.